The summed E-state index contributed by atoms with van der Waals surface area (Å²) in [6, 6.07) is 18.0. The Balaban J connectivity index is 2.06. The summed E-state index contributed by atoms with van der Waals surface area (Å²) in [4.78, 5) is 28.2. The van der Waals surface area contributed by atoms with E-state index in [1.165, 1.54) is 23.1 Å². The second-order valence-corrected chi connectivity index (χ2v) is 11.8. The van der Waals surface area contributed by atoms with E-state index in [4.69, 9.17) is 0 Å². The molecule has 42 heavy (non-hydrogen) atoms. The van der Waals surface area contributed by atoms with Gasteiger partial charge in [-0.05, 0) is 62.1 Å². The lowest BCUT2D eigenvalue weighted by Crippen LogP contribution is -2.53. The highest BCUT2D eigenvalue weighted by Crippen LogP contribution is 2.33. The molecule has 3 rings (SSSR count). The number of alkyl halides is 3. The standard InChI is InChI=1S/C31H36F3N3O4S/c1-4-19-35-30(39)28(5-2)36(20-18-24-10-7-6-8-11-24)29(38)22-37(26-13-9-12-25(21-26)31(32,33)34)42(40,41)27-16-14-23(3)15-17-27/h6-17,21,28H,4-5,18-20,22H2,1-3H3,(H,35,39). The van der Waals surface area contributed by atoms with Crippen molar-refractivity contribution in [2.24, 2.45) is 0 Å². The summed E-state index contributed by atoms with van der Waals surface area (Å²) in [5, 5.41) is 2.80. The van der Waals surface area contributed by atoms with Crippen molar-refractivity contribution in [2.75, 3.05) is 23.9 Å². The molecule has 0 aliphatic carbocycles. The number of carbonyl (C=O) groups excluding carboxylic acids is 2. The van der Waals surface area contributed by atoms with Gasteiger partial charge < -0.3 is 10.2 Å². The molecule has 3 aromatic rings. The molecule has 1 atom stereocenters. The van der Waals surface area contributed by atoms with Crippen LogP contribution >= 0.6 is 0 Å². The summed E-state index contributed by atoms with van der Waals surface area (Å²) < 4.78 is 69.2. The van der Waals surface area contributed by atoms with Crippen molar-refractivity contribution < 1.29 is 31.2 Å². The molecule has 0 heterocycles. The van der Waals surface area contributed by atoms with Gasteiger partial charge in [0.1, 0.15) is 12.6 Å². The van der Waals surface area contributed by atoms with Crippen molar-refractivity contribution in [3.8, 4) is 0 Å². The van der Waals surface area contributed by atoms with Crippen molar-refractivity contribution in [2.45, 2.75) is 57.1 Å². The van der Waals surface area contributed by atoms with Gasteiger partial charge in [-0.3, -0.25) is 13.9 Å². The van der Waals surface area contributed by atoms with Gasteiger partial charge in [0, 0.05) is 13.1 Å². The lowest BCUT2D eigenvalue weighted by molar-refractivity contribution is -0.139. The number of carbonyl (C=O) groups is 2. The Labute approximate surface area is 245 Å². The second kappa shape index (κ2) is 14.4. The van der Waals surface area contributed by atoms with Crippen LogP contribution in [0.2, 0.25) is 0 Å². The number of rotatable bonds is 13. The number of nitrogens with one attached hydrogen (secondary N) is 1. The fourth-order valence-electron chi connectivity index (χ4n) is 4.47. The van der Waals surface area contributed by atoms with E-state index < -0.39 is 40.3 Å². The average Bonchev–Trinajstić information content (AvgIpc) is 2.97. The smallest absolute Gasteiger partial charge is 0.354 e. The Bertz CT molecular complexity index is 1450. The number of hydrogen-bond acceptors (Lipinski definition) is 4. The number of amides is 2. The van der Waals surface area contributed by atoms with E-state index in [2.05, 4.69) is 5.32 Å². The predicted octanol–water partition coefficient (Wildman–Crippen LogP) is 5.59. The number of sulfonamides is 1. The van der Waals surface area contributed by atoms with Crippen molar-refractivity contribution in [1.82, 2.24) is 10.2 Å². The summed E-state index contributed by atoms with van der Waals surface area (Å²) >= 11 is 0. The highest BCUT2D eigenvalue weighted by molar-refractivity contribution is 7.92. The lowest BCUT2D eigenvalue weighted by atomic mass is 10.1. The van der Waals surface area contributed by atoms with Crippen molar-refractivity contribution in [3.05, 3.63) is 95.6 Å². The molecule has 1 unspecified atom stereocenters. The molecule has 0 fully saturated rings. The first-order chi connectivity index (χ1) is 19.9. The molecule has 0 aliphatic rings. The maximum absolute atomic E-state index is 14.0. The summed E-state index contributed by atoms with van der Waals surface area (Å²) in [6.45, 7) is 5.10. The molecule has 11 heteroatoms. The highest BCUT2D eigenvalue weighted by Gasteiger charge is 2.35. The number of hydrogen-bond donors (Lipinski definition) is 1. The monoisotopic (exact) mass is 603 g/mol. The molecule has 1 N–H and O–H groups in total. The third-order valence-corrected chi connectivity index (χ3v) is 8.56. The van der Waals surface area contributed by atoms with Crippen LogP contribution in [0.3, 0.4) is 0 Å². The molecule has 2 amide bonds. The first-order valence-corrected chi connectivity index (χ1v) is 15.2. The number of aryl methyl sites for hydroxylation is 1. The number of anilines is 1. The predicted molar refractivity (Wildman–Crippen MR) is 156 cm³/mol. The number of benzene rings is 3. The number of nitrogens with zero attached hydrogens (tertiary/aromatic N) is 2. The highest BCUT2D eigenvalue weighted by atomic mass is 32.2. The quantitative estimate of drug-likeness (QED) is 0.276. The molecule has 0 bridgehead atoms. The zero-order chi connectivity index (χ0) is 30.9. The van der Waals surface area contributed by atoms with Crippen LogP contribution in [0.4, 0.5) is 18.9 Å². The minimum absolute atomic E-state index is 0.0991. The molecule has 0 spiro atoms. The SMILES string of the molecule is CCCNC(=O)C(CC)N(CCc1ccccc1)C(=O)CN(c1cccc(C(F)(F)F)c1)S(=O)(=O)c1ccc(C)cc1. The van der Waals surface area contributed by atoms with Crippen LogP contribution in [0.1, 0.15) is 43.4 Å². The van der Waals surface area contributed by atoms with Crippen LogP contribution in [0.5, 0.6) is 0 Å². The maximum Gasteiger partial charge on any atom is 0.416 e. The van der Waals surface area contributed by atoms with E-state index in [0.717, 1.165) is 23.3 Å². The Morgan fingerprint density at radius 3 is 2.19 bits per heavy atom. The molecule has 0 saturated carbocycles. The Hall–Kier alpha value is -3.86. The largest absolute Gasteiger partial charge is 0.416 e. The first kappa shape index (κ1) is 32.7. The van der Waals surface area contributed by atoms with Crippen molar-refractivity contribution in [1.29, 1.82) is 0 Å². The molecule has 0 aromatic heterocycles. The van der Waals surface area contributed by atoms with E-state index in [1.54, 1.807) is 26.0 Å². The van der Waals surface area contributed by atoms with Crippen LogP contribution in [0, 0.1) is 6.92 Å². The first-order valence-electron chi connectivity index (χ1n) is 13.8. The van der Waals surface area contributed by atoms with Gasteiger partial charge in [0.2, 0.25) is 11.8 Å². The second-order valence-electron chi connectivity index (χ2n) is 9.91. The normalized spacial score (nSPS) is 12.4. The average molecular weight is 604 g/mol. The van der Waals surface area contributed by atoms with E-state index in [-0.39, 0.29) is 29.5 Å². The van der Waals surface area contributed by atoms with Gasteiger partial charge in [-0.2, -0.15) is 13.2 Å². The summed E-state index contributed by atoms with van der Waals surface area (Å²) in [5.41, 5.74) is 0.320. The van der Waals surface area contributed by atoms with Crippen LogP contribution < -0.4 is 9.62 Å². The van der Waals surface area contributed by atoms with Gasteiger partial charge in [0.05, 0.1) is 16.1 Å². The van der Waals surface area contributed by atoms with Gasteiger partial charge >= 0.3 is 6.18 Å². The zero-order valence-electron chi connectivity index (χ0n) is 23.9. The summed E-state index contributed by atoms with van der Waals surface area (Å²) in [7, 11) is -4.48. The molecule has 226 valence electrons. The minimum Gasteiger partial charge on any atom is -0.354 e. The van der Waals surface area contributed by atoms with Crippen LogP contribution in [-0.4, -0.2) is 50.8 Å². The van der Waals surface area contributed by atoms with E-state index in [1.807, 2.05) is 37.3 Å². The molecular formula is C31H36F3N3O4S. The molecule has 0 aliphatic heterocycles. The summed E-state index contributed by atoms with van der Waals surface area (Å²) in [5.74, 6) is -1.09. The fourth-order valence-corrected chi connectivity index (χ4v) is 5.87. The third-order valence-electron chi connectivity index (χ3n) is 6.77. The topological polar surface area (TPSA) is 86.8 Å². The van der Waals surface area contributed by atoms with Gasteiger partial charge in [0.25, 0.3) is 10.0 Å². The van der Waals surface area contributed by atoms with Crippen LogP contribution in [-0.2, 0) is 32.2 Å². The Morgan fingerprint density at radius 2 is 1.60 bits per heavy atom. The molecule has 0 saturated heterocycles. The van der Waals surface area contributed by atoms with Gasteiger partial charge in [-0.25, -0.2) is 8.42 Å². The molecule has 0 radical (unpaired) electrons. The maximum atomic E-state index is 14.0. The molecule has 7 nitrogen and oxygen atoms in total. The number of halogens is 3. The molecule has 3 aromatic carbocycles. The Morgan fingerprint density at radius 1 is 0.929 bits per heavy atom. The fraction of sp³-hybridized carbons (Fsp3) is 0.355. The van der Waals surface area contributed by atoms with Crippen molar-refractivity contribution >= 4 is 27.5 Å². The molecular weight excluding hydrogens is 567 g/mol. The van der Waals surface area contributed by atoms with Crippen LogP contribution in [0.25, 0.3) is 0 Å². The summed E-state index contributed by atoms with van der Waals surface area (Å²) in [6.07, 6.45) is -3.41. The Kier molecular flexibility index (Phi) is 11.2. The minimum atomic E-state index is -4.73. The van der Waals surface area contributed by atoms with E-state index in [0.29, 0.717) is 29.8 Å². The van der Waals surface area contributed by atoms with Crippen LogP contribution in [0.15, 0.2) is 83.8 Å². The zero-order valence-corrected chi connectivity index (χ0v) is 24.7. The van der Waals surface area contributed by atoms with Gasteiger partial charge in [-0.1, -0.05) is 67.9 Å². The van der Waals surface area contributed by atoms with Gasteiger partial charge in [-0.15, -0.1) is 0 Å². The van der Waals surface area contributed by atoms with Crippen molar-refractivity contribution in [3.63, 3.8) is 0 Å². The van der Waals surface area contributed by atoms with E-state index in [9.17, 15) is 31.2 Å². The lowest BCUT2D eigenvalue weighted by Gasteiger charge is -2.33. The van der Waals surface area contributed by atoms with E-state index >= 15 is 0 Å². The van der Waals surface area contributed by atoms with Gasteiger partial charge in [0.15, 0.2) is 0 Å². The third kappa shape index (κ3) is 8.34.